The van der Waals surface area contributed by atoms with Crippen LogP contribution in [0.5, 0.6) is 0 Å². The Morgan fingerprint density at radius 1 is 1.11 bits per heavy atom. The molecule has 1 fully saturated rings. The number of sulfonamides is 1. The van der Waals surface area contributed by atoms with Crippen LogP contribution < -0.4 is 14.9 Å². The van der Waals surface area contributed by atoms with Crippen molar-refractivity contribution in [1.29, 1.82) is 0 Å². The van der Waals surface area contributed by atoms with Crippen molar-refractivity contribution in [3.05, 3.63) is 77.6 Å². The van der Waals surface area contributed by atoms with Gasteiger partial charge in [0.25, 0.3) is 0 Å². The Hall–Kier alpha value is -3.43. The van der Waals surface area contributed by atoms with Gasteiger partial charge in [0.15, 0.2) is 0 Å². The van der Waals surface area contributed by atoms with Crippen LogP contribution in [0.3, 0.4) is 0 Å². The third kappa shape index (κ3) is 5.22. The molecule has 188 valence electrons. The molecule has 2 N–H and O–H groups in total. The SMILES string of the molecule is Cc1ccc(N(C)S(C)(=O)=O)c(Cn2ccc3cnc(Nc4ccc(C5CCNCC5)cc4)nc32)c1. The molecule has 0 aliphatic carbocycles. The Bertz CT molecular complexity index is 1470. The molecule has 1 aliphatic rings. The van der Waals surface area contributed by atoms with Crippen LogP contribution in [0.4, 0.5) is 17.3 Å². The van der Waals surface area contributed by atoms with E-state index in [0.29, 0.717) is 24.1 Å². The maximum absolute atomic E-state index is 12.2. The fourth-order valence-electron chi connectivity index (χ4n) is 4.79. The van der Waals surface area contributed by atoms with Gasteiger partial charge in [-0.1, -0.05) is 29.8 Å². The topological polar surface area (TPSA) is 92.2 Å². The van der Waals surface area contributed by atoms with Crippen molar-refractivity contribution in [2.45, 2.75) is 32.2 Å². The summed E-state index contributed by atoms with van der Waals surface area (Å²) in [4.78, 5) is 9.28. The van der Waals surface area contributed by atoms with E-state index in [9.17, 15) is 8.42 Å². The van der Waals surface area contributed by atoms with E-state index >= 15 is 0 Å². The number of rotatable bonds is 7. The lowest BCUT2D eigenvalue weighted by atomic mass is 9.90. The zero-order valence-corrected chi connectivity index (χ0v) is 21.7. The Morgan fingerprint density at radius 2 is 1.86 bits per heavy atom. The molecular formula is C27H32N6O2S. The summed E-state index contributed by atoms with van der Waals surface area (Å²) in [5, 5.41) is 7.67. The summed E-state index contributed by atoms with van der Waals surface area (Å²) in [5.74, 6) is 1.14. The zero-order valence-electron chi connectivity index (χ0n) is 20.9. The molecule has 9 heteroatoms. The van der Waals surface area contributed by atoms with Crippen LogP contribution >= 0.6 is 0 Å². The fourth-order valence-corrected chi connectivity index (χ4v) is 5.33. The van der Waals surface area contributed by atoms with Gasteiger partial charge in [0.05, 0.1) is 18.5 Å². The number of fused-ring (bicyclic) bond motifs is 1. The molecule has 36 heavy (non-hydrogen) atoms. The van der Waals surface area contributed by atoms with Crippen LogP contribution in [0.1, 0.15) is 35.4 Å². The maximum Gasteiger partial charge on any atom is 0.232 e. The van der Waals surface area contributed by atoms with Gasteiger partial charge in [-0.2, -0.15) is 4.98 Å². The van der Waals surface area contributed by atoms with Crippen LogP contribution in [-0.2, 0) is 16.6 Å². The second kappa shape index (κ2) is 9.91. The Morgan fingerprint density at radius 3 is 2.58 bits per heavy atom. The van der Waals surface area contributed by atoms with Crippen molar-refractivity contribution < 1.29 is 8.42 Å². The van der Waals surface area contributed by atoms with Gasteiger partial charge >= 0.3 is 0 Å². The van der Waals surface area contributed by atoms with Crippen LogP contribution in [0.25, 0.3) is 11.0 Å². The van der Waals surface area contributed by atoms with Crippen molar-refractivity contribution >= 4 is 38.4 Å². The summed E-state index contributed by atoms with van der Waals surface area (Å²) >= 11 is 0. The molecule has 3 heterocycles. The molecule has 0 amide bonds. The Labute approximate surface area is 212 Å². The van der Waals surface area contributed by atoms with Crippen LogP contribution in [-0.4, -0.2) is 49.3 Å². The second-order valence-electron chi connectivity index (χ2n) is 9.55. The highest BCUT2D eigenvalue weighted by Crippen LogP contribution is 2.28. The molecule has 1 saturated heterocycles. The van der Waals surface area contributed by atoms with E-state index in [2.05, 4.69) is 39.9 Å². The molecular weight excluding hydrogens is 472 g/mol. The summed E-state index contributed by atoms with van der Waals surface area (Å²) in [6, 6.07) is 16.3. The minimum Gasteiger partial charge on any atom is -0.328 e. The normalized spacial score (nSPS) is 14.8. The number of anilines is 3. The third-order valence-electron chi connectivity index (χ3n) is 6.89. The molecule has 2 aromatic heterocycles. The molecule has 0 atom stereocenters. The van der Waals surface area contributed by atoms with Gasteiger partial charge in [-0.3, -0.25) is 4.31 Å². The summed E-state index contributed by atoms with van der Waals surface area (Å²) in [6.45, 7) is 4.64. The number of aromatic nitrogens is 3. The molecule has 8 nitrogen and oxygen atoms in total. The van der Waals surface area contributed by atoms with Gasteiger partial charge in [-0.15, -0.1) is 0 Å². The van der Waals surface area contributed by atoms with Crippen LogP contribution in [0.2, 0.25) is 0 Å². The number of nitrogens with zero attached hydrogens (tertiary/aromatic N) is 4. The van der Waals surface area contributed by atoms with E-state index in [1.165, 1.54) is 29.0 Å². The molecule has 1 aliphatic heterocycles. The predicted octanol–water partition coefficient (Wildman–Crippen LogP) is 4.39. The number of hydrogen-bond donors (Lipinski definition) is 2. The number of nitrogens with one attached hydrogen (secondary N) is 2. The van der Waals surface area contributed by atoms with Gasteiger partial charge < -0.3 is 15.2 Å². The first-order chi connectivity index (χ1) is 17.3. The van der Waals surface area contributed by atoms with E-state index in [-0.39, 0.29) is 0 Å². The molecule has 0 unspecified atom stereocenters. The summed E-state index contributed by atoms with van der Waals surface area (Å²) < 4.78 is 27.7. The lowest BCUT2D eigenvalue weighted by Gasteiger charge is -2.23. The first-order valence-corrected chi connectivity index (χ1v) is 14.1. The van der Waals surface area contributed by atoms with Gasteiger partial charge in [-0.25, -0.2) is 13.4 Å². The third-order valence-corrected chi connectivity index (χ3v) is 8.08. The standard InChI is InChI=1S/C27H32N6O2S/c1-19-4-9-25(32(2)36(3,34)35)23(16-19)18-33-15-12-22-17-29-27(31-26(22)33)30-24-7-5-20(6-8-24)21-10-13-28-14-11-21/h4-9,12,15-17,21,28H,10-11,13-14,18H2,1-3H3,(H,29,30,31). The monoisotopic (exact) mass is 504 g/mol. The molecule has 0 bridgehead atoms. The second-order valence-corrected chi connectivity index (χ2v) is 11.6. The number of benzene rings is 2. The van der Waals surface area contributed by atoms with Crippen molar-refractivity contribution in [1.82, 2.24) is 19.9 Å². The summed E-state index contributed by atoms with van der Waals surface area (Å²) in [5.41, 5.74) is 5.74. The molecule has 0 radical (unpaired) electrons. The minimum absolute atomic E-state index is 0.488. The largest absolute Gasteiger partial charge is 0.328 e. The predicted molar refractivity (Wildman–Crippen MR) is 146 cm³/mol. The average molecular weight is 505 g/mol. The number of piperidine rings is 1. The first kappa shape index (κ1) is 24.3. The summed E-state index contributed by atoms with van der Waals surface area (Å²) in [6.07, 6.45) is 7.33. The van der Waals surface area contributed by atoms with Crippen LogP contribution in [0.15, 0.2) is 60.9 Å². The van der Waals surface area contributed by atoms with E-state index in [1.807, 2.05) is 48.1 Å². The lowest BCUT2D eigenvalue weighted by Crippen LogP contribution is -2.26. The van der Waals surface area contributed by atoms with Crippen molar-refractivity contribution in [3.8, 4) is 0 Å². The summed E-state index contributed by atoms with van der Waals surface area (Å²) in [7, 11) is -1.80. The van der Waals surface area contributed by atoms with Crippen molar-refractivity contribution in [2.24, 2.45) is 0 Å². The van der Waals surface area contributed by atoms with E-state index in [0.717, 1.165) is 40.9 Å². The highest BCUT2D eigenvalue weighted by Gasteiger charge is 2.18. The number of aryl methyl sites for hydroxylation is 1. The minimum atomic E-state index is -3.38. The molecule has 2 aromatic carbocycles. The van der Waals surface area contributed by atoms with E-state index < -0.39 is 10.0 Å². The van der Waals surface area contributed by atoms with Gasteiger partial charge in [0.1, 0.15) is 5.65 Å². The van der Waals surface area contributed by atoms with Crippen molar-refractivity contribution in [3.63, 3.8) is 0 Å². The average Bonchev–Trinajstić information content (AvgIpc) is 3.26. The molecule has 0 spiro atoms. The van der Waals surface area contributed by atoms with Gasteiger partial charge in [-0.05, 0) is 74.2 Å². The first-order valence-electron chi connectivity index (χ1n) is 12.2. The Balaban J connectivity index is 1.39. The quantitative estimate of drug-likeness (QED) is 0.388. The highest BCUT2D eigenvalue weighted by atomic mass is 32.2. The molecule has 5 rings (SSSR count). The Kier molecular flexibility index (Phi) is 6.68. The van der Waals surface area contributed by atoms with Gasteiger partial charge in [0, 0.05) is 30.5 Å². The molecule has 0 saturated carbocycles. The van der Waals surface area contributed by atoms with Crippen molar-refractivity contribution in [2.75, 3.05) is 36.0 Å². The smallest absolute Gasteiger partial charge is 0.232 e. The molecule has 4 aromatic rings. The van der Waals surface area contributed by atoms with Crippen LogP contribution in [0, 0.1) is 6.92 Å². The van der Waals surface area contributed by atoms with E-state index in [1.54, 1.807) is 7.05 Å². The lowest BCUT2D eigenvalue weighted by molar-refractivity contribution is 0.460. The highest BCUT2D eigenvalue weighted by molar-refractivity contribution is 7.92. The number of hydrogen-bond acceptors (Lipinski definition) is 6. The fraction of sp³-hybridized carbons (Fsp3) is 0.333. The van der Waals surface area contributed by atoms with Gasteiger partial charge in [0.2, 0.25) is 16.0 Å². The maximum atomic E-state index is 12.2. The van der Waals surface area contributed by atoms with E-state index in [4.69, 9.17) is 4.98 Å². The zero-order chi connectivity index (χ0) is 25.3.